The molecule has 0 aliphatic carbocycles. The van der Waals surface area contributed by atoms with Gasteiger partial charge in [0.15, 0.2) is 0 Å². The number of hydrogen-bond donors (Lipinski definition) is 0. The lowest BCUT2D eigenvalue weighted by atomic mass is 10.0. The molecule has 0 unspecified atom stereocenters. The van der Waals surface area contributed by atoms with Gasteiger partial charge in [-0.05, 0) is 77.9 Å². The minimum absolute atomic E-state index is 0.967. The number of para-hydroxylation sites is 4. The molecular weight excluding hydrogens is 645 g/mol. The fourth-order valence-corrected chi connectivity index (χ4v) is 8.94. The maximum Gasteiger partial charge on any atom is 0.138 e. The Bertz CT molecular complexity index is 3400. The number of benzene rings is 7. The van der Waals surface area contributed by atoms with E-state index in [2.05, 4.69) is 196 Å². The van der Waals surface area contributed by atoms with Crippen LogP contribution in [0.2, 0.25) is 0 Å². The van der Waals surface area contributed by atoms with E-state index in [1.165, 1.54) is 76.7 Å². The molecule has 0 N–H and O–H groups in total. The highest BCUT2D eigenvalue weighted by Crippen LogP contribution is 2.42. The van der Waals surface area contributed by atoms with Crippen molar-refractivity contribution in [3.05, 3.63) is 182 Å². The van der Waals surface area contributed by atoms with Gasteiger partial charge in [-0.1, -0.05) is 115 Å². The van der Waals surface area contributed by atoms with Crippen molar-refractivity contribution in [2.45, 2.75) is 0 Å². The number of fused-ring (bicyclic) bond motifs is 9. The summed E-state index contributed by atoms with van der Waals surface area (Å²) < 4.78 is 7.12. The van der Waals surface area contributed by atoms with E-state index in [9.17, 15) is 0 Å². The first-order chi connectivity index (χ1) is 26.3. The van der Waals surface area contributed by atoms with E-state index in [-0.39, 0.29) is 0 Å². The van der Waals surface area contributed by atoms with E-state index >= 15 is 0 Å². The molecule has 12 aromatic rings. The van der Waals surface area contributed by atoms with Gasteiger partial charge in [0.25, 0.3) is 0 Å². The Hall–Kier alpha value is -7.17. The molecule has 0 saturated heterocycles. The maximum absolute atomic E-state index is 5.29. The van der Waals surface area contributed by atoms with Crippen LogP contribution in [0.5, 0.6) is 0 Å². The van der Waals surface area contributed by atoms with Gasteiger partial charge in [-0.25, -0.2) is 4.98 Å². The van der Waals surface area contributed by atoms with E-state index in [1.807, 2.05) is 0 Å². The van der Waals surface area contributed by atoms with Crippen LogP contribution in [0.4, 0.5) is 0 Å². The molecule has 7 aromatic carbocycles. The van der Waals surface area contributed by atoms with Gasteiger partial charge in [0.2, 0.25) is 0 Å². The number of hydrogen-bond acceptors (Lipinski definition) is 1. The average Bonchev–Trinajstić information content (AvgIpc) is 3.97. The van der Waals surface area contributed by atoms with Gasteiger partial charge >= 0.3 is 0 Å². The highest BCUT2D eigenvalue weighted by atomic mass is 15.0. The summed E-state index contributed by atoms with van der Waals surface area (Å²) in [6.07, 6.45) is 0. The Labute approximate surface area is 304 Å². The zero-order valence-corrected chi connectivity index (χ0v) is 28.6. The van der Waals surface area contributed by atoms with Gasteiger partial charge in [-0.15, -0.1) is 0 Å². The van der Waals surface area contributed by atoms with Gasteiger partial charge in [0.1, 0.15) is 5.65 Å². The van der Waals surface area contributed by atoms with Gasteiger partial charge < -0.3 is 9.13 Å². The van der Waals surface area contributed by atoms with Crippen LogP contribution in [0.1, 0.15) is 0 Å². The van der Waals surface area contributed by atoms with Gasteiger partial charge in [-0.3, -0.25) is 4.40 Å². The van der Waals surface area contributed by atoms with Crippen molar-refractivity contribution in [2.75, 3.05) is 0 Å². The first kappa shape index (κ1) is 28.5. The third kappa shape index (κ3) is 3.92. The van der Waals surface area contributed by atoms with Crippen LogP contribution in [-0.4, -0.2) is 18.5 Å². The van der Waals surface area contributed by atoms with Crippen molar-refractivity contribution in [2.24, 2.45) is 0 Å². The summed E-state index contributed by atoms with van der Waals surface area (Å²) in [5.74, 6) is 0. The first-order valence-corrected chi connectivity index (χ1v) is 18.1. The van der Waals surface area contributed by atoms with Crippen LogP contribution < -0.4 is 0 Å². The van der Waals surface area contributed by atoms with Crippen LogP contribution in [0, 0.1) is 0 Å². The Kier molecular flexibility index (Phi) is 5.74. The fourth-order valence-electron chi connectivity index (χ4n) is 8.94. The molecule has 0 spiro atoms. The third-order valence-corrected chi connectivity index (χ3v) is 11.2. The molecule has 0 fully saturated rings. The van der Waals surface area contributed by atoms with Crippen molar-refractivity contribution in [3.8, 4) is 33.8 Å². The van der Waals surface area contributed by atoms with Gasteiger partial charge in [-0.2, -0.15) is 0 Å². The van der Waals surface area contributed by atoms with Gasteiger partial charge in [0.05, 0.1) is 44.5 Å². The Morgan fingerprint density at radius 3 is 1.60 bits per heavy atom. The molecule has 0 atom stereocenters. The van der Waals surface area contributed by atoms with Crippen molar-refractivity contribution in [1.82, 2.24) is 18.5 Å². The number of aromatic nitrogens is 4. The van der Waals surface area contributed by atoms with Gasteiger partial charge in [0, 0.05) is 43.6 Å². The minimum Gasteiger partial charge on any atom is -0.309 e. The van der Waals surface area contributed by atoms with Crippen LogP contribution in [0.25, 0.3) is 105 Å². The number of imidazole rings is 1. The predicted octanol–water partition coefficient (Wildman–Crippen LogP) is 12.6. The summed E-state index contributed by atoms with van der Waals surface area (Å²) in [6.45, 7) is 0. The average molecular weight is 675 g/mol. The lowest BCUT2D eigenvalue weighted by Crippen LogP contribution is -1.97. The maximum atomic E-state index is 5.29. The van der Waals surface area contributed by atoms with E-state index in [0.29, 0.717) is 0 Å². The van der Waals surface area contributed by atoms with Crippen LogP contribution in [-0.2, 0) is 0 Å². The van der Waals surface area contributed by atoms with E-state index in [1.54, 1.807) is 0 Å². The zero-order chi connectivity index (χ0) is 34.6. The van der Waals surface area contributed by atoms with E-state index in [4.69, 9.17) is 4.98 Å². The highest BCUT2D eigenvalue weighted by molar-refractivity contribution is 6.16. The molecule has 0 radical (unpaired) electrons. The molecule has 0 saturated carbocycles. The number of rotatable bonds is 4. The molecule has 53 heavy (non-hydrogen) atoms. The van der Waals surface area contributed by atoms with Crippen molar-refractivity contribution in [3.63, 3.8) is 0 Å². The third-order valence-electron chi connectivity index (χ3n) is 11.2. The SMILES string of the molecule is c1ccc(-n2c3ccccc3c3cc(-c4ccc5c(c4)c4ccccc4n5-c4ccccc4-c4nc5cccc6c7ccccc7c4n56)ccc32)cc1. The molecule has 12 rings (SSSR count). The monoisotopic (exact) mass is 674 g/mol. The van der Waals surface area contributed by atoms with Crippen LogP contribution in [0.15, 0.2) is 182 Å². The van der Waals surface area contributed by atoms with Crippen molar-refractivity contribution < 1.29 is 0 Å². The van der Waals surface area contributed by atoms with Crippen LogP contribution >= 0.6 is 0 Å². The topological polar surface area (TPSA) is 27.2 Å². The highest BCUT2D eigenvalue weighted by Gasteiger charge is 2.23. The lowest BCUT2D eigenvalue weighted by Gasteiger charge is -2.13. The summed E-state index contributed by atoms with van der Waals surface area (Å²) in [7, 11) is 0. The second-order valence-corrected chi connectivity index (χ2v) is 14.0. The lowest BCUT2D eigenvalue weighted by molar-refractivity contribution is 1.18. The molecule has 4 heteroatoms. The fraction of sp³-hybridized carbons (Fsp3) is 0. The van der Waals surface area contributed by atoms with E-state index < -0.39 is 0 Å². The summed E-state index contributed by atoms with van der Waals surface area (Å²) in [4.78, 5) is 5.29. The summed E-state index contributed by atoms with van der Waals surface area (Å²) in [5, 5.41) is 7.44. The smallest absolute Gasteiger partial charge is 0.138 e. The minimum atomic E-state index is 0.967. The Morgan fingerprint density at radius 2 is 0.887 bits per heavy atom. The first-order valence-electron chi connectivity index (χ1n) is 18.1. The molecule has 0 aliphatic heterocycles. The van der Waals surface area contributed by atoms with Crippen molar-refractivity contribution >= 4 is 71.1 Å². The summed E-state index contributed by atoms with van der Waals surface area (Å²) in [5.41, 5.74) is 14.9. The number of nitrogens with zero attached hydrogens (tertiary/aromatic N) is 4. The molecule has 0 amide bonds. The van der Waals surface area contributed by atoms with Crippen LogP contribution in [0.3, 0.4) is 0 Å². The molecule has 0 aliphatic rings. The molecule has 0 bridgehead atoms. The quantitative estimate of drug-likeness (QED) is 0.183. The molecule has 4 nitrogen and oxygen atoms in total. The molecule has 5 aromatic heterocycles. The zero-order valence-electron chi connectivity index (χ0n) is 28.6. The molecule has 246 valence electrons. The van der Waals surface area contributed by atoms with Crippen molar-refractivity contribution in [1.29, 1.82) is 0 Å². The van der Waals surface area contributed by atoms with E-state index in [0.717, 1.165) is 28.1 Å². The molecule has 5 heterocycles. The Morgan fingerprint density at radius 1 is 0.358 bits per heavy atom. The normalized spacial score (nSPS) is 12.2. The summed E-state index contributed by atoms with van der Waals surface area (Å²) >= 11 is 0. The Balaban J connectivity index is 1.07. The number of pyridine rings is 1. The standard InChI is InChI=1S/C49H30N4/c1-2-13-33(14-3-1)51-41-20-9-6-16-35(41)39-29-31(25-27-45(39)51)32-26-28-46-40(30-32)36-17-7-10-21-42(36)52(46)44-22-11-8-19-38(44)48-49-37-18-5-4-15-34(37)43-23-12-24-47(50-48)53(43)49/h1-30H. The second kappa shape index (κ2) is 10.7. The molecular formula is C49H30N4. The largest absolute Gasteiger partial charge is 0.309 e. The second-order valence-electron chi connectivity index (χ2n) is 14.0. The summed E-state index contributed by atoms with van der Waals surface area (Å²) in [6, 6.07) is 65.9. The predicted molar refractivity (Wildman–Crippen MR) is 221 cm³/mol.